The van der Waals surface area contributed by atoms with Crippen molar-refractivity contribution in [3.05, 3.63) is 158 Å². The molecule has 0 spiro atoms. The highest BCUT2D eigenvalue weighted by molar-refractivity contribution is 7.47. The SMILES string of the molecule is CC/C=C\C/C=C\C/C=C\C/C=C\C/C=C\C/C=C\CCC(=O)OCC(COP(=O)(O)OCC(CO)OC(=O)CCCCCCC/C=C\C/C=C\C/C=C\CC)OC(=O)CCCCCC/C=C\C/C=C\C/C=C\C/C=C\CC. The molecule has 0 aliphatic heterocycles. The zero-order chi connectivity index (χ0) is 56.9. The quantitative estimate of drug-likeness (QED) is 0.0197. The van der Waals surface area contributed by atoms with Gasteiger partial charge in [0.25, 0.3) is 0 Å². The number of esters is 3. The van der Waals surface area contributed by atoms with Gasteiger partial charge in [0.1, 0.15) is 12.7 Å². The summed E-state index contributed by atoms with van der Waals surface area (Å²) in [7, 11) is -4.79. The highest BCUT2D eigenvalue weighted by Crippen LogP contribution is 2.43. The molecule has 0 aliphatic carbocycles. The fourth-order valence-corrected chi connectivity index (χ4v) is 7.88. The van der Waals surface area contributed by atoms with E-state index < -0.39 is 64.4 Å². The van der Waals surface area contributed by atoms with Gasteiger partial charge in [-0.05, 0) is 128 Å². The van der Waals surface area contributed by atoms with Crippen LogP contribution in [0, 0.1) is 0 Å². The number of aliphatic hydroxyl groups excluding tert-OH is 1. The zero-order valence-corrected chi connectivity index (χ0v) is 49.2. The molecule has 0 rings (SSSR count). The average molecular weight is 1100 g/mol. The van der Waals surface area contributed by atoms with Crippen LogP contribution in [0.2, 0.25) is 0 Å². The van der Waals surface area contributed by atoms with Crippen molar-refractivity contribution in [1.29, 1.82) is 0 Å². The van der Waals surface area contributed by atoms with Gasteiger partial charge in [-0.15, -0.1) is 0 Å². The maximum atomic E-state index is 12.9. The van der Waals surface area contributed by atoms with Crippen LogP contribution in [0.5, 0.6) is 0 Å². The summed E-state index contributed by atoms with van der Waals surface area (Å²) in [4.78, 5) is 48.6. The van der Waals surface area contributed by atoms with Crippen LogP contribution in [0.4, 0.5) is 0 Å². The van der Waals surface area contributed by atoms with Crippen molar-refractivity contribution in [2.75, 3.05) is 26.4 Å². The molecule has 12 heteroatoms. The Labute approximate surface area is 473 Å². The fraction of sp³-hybridized carbons (Fsp3) is 0.561. The number of carbonyl (C=O) groups excluding carboxylic acids is 3. The number of phosphoric ester groups is 1. The molecule has 3 unspecified atom stereocenters. The molecule has 0 aromatic carbocycles. The minimum atomic E-state index is -4.79. The highest BCUT2D eigenvalue weighted by Gasteiger charge is 2.28. The molecule has 78 heavy (non-hydrogen) atoms. The molecule has 0 saturated carbocycles. The monoisotopic (exact) mass is 1100 g/mol. The van der Waals surface area contributed by atoms with Crippen LogP contribution in [-0.2, 0) is 42.2 Å². The molecular weight excluding hydrogens is 1000 g/mol. The van der Waals surface area contributed by atoms with Crippen molar-refractivity contribution in [2.24, 2.45) is 0 Å². The van der Waals surface area contributed by atoms with E-state index in [1.165, 1.54) is 0 Å². The third-order valence-electron chi connectivity index (χ3n) is 11.4. The van der Waals surface area contributed by atoms with Gasteiger partial charge in [-0.25, -0.2) is 4.57 Å². The Bertz CT molecular complexity index is 1910. The van der Waals surface area contributed by atoms with Gasteiger partial charge < -0.3 is 24.2 Å². The Morgan fingerprint density at radius 2 is 0.654 bits per heavy atom. The summed E-state index contributed by atoms with van der Waals surface area (Å²) in [6.07, 6.45) is 76.4. The minimum absolute atomic E-state index is 0.0850. The van der Waals surface area contributed by atoms with Gasteiger partial charge >= 0.3 is 25.7 Å². The van der Waals surface area contributed by atoms with Crippen molar-refractivity contribution in [2.45, 2.75) is 213 Å². The third-order valence-corrected chi connectivity index (χ3v) is 12.4. The number of rotatable bonds is 52. The van der Waals surface area contributed by atoms with E-state index in [4.69, 9.17) is 23.3 Å². The predicted octanol–water partition coefficient (Wildman–Crippen LogP) is 17.7. The summed E-state index contributed by atoms with van der Waals surface area (Å²) >= 11 is 0. The summed E-state index contributed by atoms with van der Waals surface area (Å²) in [5, 5.41) is 9.82. The number of phosphoric acid groups is 1. The number of aliphatic hydroxyl groups is 1. The minimum Gasteiger partial charge on any atom is -0.462 e. The first-order valence-electron chi connectivity index (χ1n) is 29.4. The standard InChI is InChI=1S/C66H103O11P/c1-4-7-10-13-16-19-22-25-28-30-31-33-35-37-40-43-46-49-52-55-64(68)73-59-63(77-66(70)57-54-51-48-45-42-39-36-32-29-26-23-20-17-14-11-8-5-2)61-75-78(71,72)74-60-62(58-67)76-65(69)56-53-50-47-44-41-38-34-27-24-21-18-15-12-9-6-3/h7-12,16-21,25-29,31,33-34,36-37,39-40,46,49,62-63,67H,4-6,13-15,22-24,30,32,35,38,41-45,47-48,50-61H2,1-3H3,(H,71,72)/b10-7-,11-8-,12-9-,19-16-,20-17-,21-18-,28-25-,29-26-,33-31-,34-27-,39-36-,40-37-,49-46-. The first kappa shape index (κ1) is 73.1. The summed E-state index contributed by atoms with van der Waals surface area (Å²) < 4.78 is 39.4. The summed E-state index contributed by atoms with van der Waals surface area (Å²) in [6.45, 7) is 4.15. The average Bonchev–Trinajstić information content (AvgIpc) is 3.43. The van der Waals surface area contributed by atoms with E-state index >= 15 is 0 Å². The molecule has 0 bridgehead atoms. The molecule has 0 fully saturated rings. The van der Waals surface area contributed by atoms with Gasteiger partial charge in [0.05, 0.1) is 19.8 Å². The molecule has 0 saturated heterocycles. The Morgan fingerprint density at radius 3 is 1.01 bits per heavy atom. The Hall–Kier alpha value is -4.90. The van der Waals surface area contributed by atoms with Crippen LogP contribution < -0.4 is 0 Å². The van der Waals surface area contributed by atoms with Gasteiger partial charge in [0.2, 0.25) is 0 Å². The largest absolute Gasteiger partial charge is 0.472 e. The van der Waals surface area contributed by atoms with Crippen LogP contribution in [0.15, 0.2) is 158 Å². The van der Waals surface area contributed by atoms with Gasteiger partial charge in [-0.1, -0.05) is 211 Å². The van der Waals surface area contributed by atoms with Gasteiger partial charge in [-0.2, -0.15) is 0 Å². The van der Waals surface area contributed by atoms with E-state index in [1.54, 1.807) is 0 Å². The van der Waals surface area contributed by atoms with E-state index in [9.17, 15) is 28.9 Å². The molecule has 3 atom stereocenters. The van der Waals surface area contributed by atoms with Gasteiger partial charge in [0.15, 0.2) is 6.10 Å². The number of hydrogen-bond acceptors (Lipinski definition) is 10. The van der Waals surface area contributed by atoms with Crippen LogP contribution in [0.3, 0.4) is 0 Å². The number of carbonyl (C=O) groups is 3. The van der Waals surface area contributed by atoms with E-state index in [2.05, 4.69) is 167 Å². The highest BCUT2D eigenvalue weighted by atomic mass is 31.2. The van der Waals surface area contributed by atoms with Crippen molar-refractivity contribution in [3.8, 4) is 0 Å². The van der Waals surface area contributed by atoms with E-state index in [0.717, 1.165) is 141 Å². The molecular formula is C66H103O11P. The molecule has 0 aromatic rings. The van der Waals surface area contributed by atoms with Crippen molar-refractivity contribution in [3.63, 3.8) is 0 Å². The molecule has 0 heterocycles. The zero-order valence-electron chi connectivity index (χ0n) is 48.3. The third kappa shape index (κ3) is 55.8. The normalized spacial score (nSPS) is 14.5. The Kier molecular flexibility index (Phi) is 54.6. The lowest BCUT2D eigenvalue weighted by molar-refractivity contribution is -0.161. The Balaban J connectivity index is 4.91. The second-order valence-corrected chi connectivity index (χ2v) is 20.1. The number of hydrogen-bond donors (Lipinski definition) is 2. The number of unbranched alkanes of at least 4 members (excludes halogenated alkanes) is 9. The topological polar surface area (TPSA) is 155 Å². The van der Waals surface area contributed by atoms with Gasteiger partial charge in [-0.3, -0.25) is 23.4 Å². The van der Waals surface area contributed by atoms with E-state index in [-0.39, 0.29) is 19.3 Å². The summed E-state index contributed by atoms with van der Waals surface area (Å²) in [5.41, 5.74) is 0. The fourth-order valence-electron chi connectivity index (χ4n) is 7.09. The van der Waals surface area contributed by atoms with Crippen LogP contribution in [0.25, 0.3) is 0 Å². The summed E-state index contributed by atoms with van der Waals surface area (Å²) in [5.74, 6) is -1.63. The lowest BCUT2D eigenvalue weighted by Gasteiger charge is -2.21. The molecule has 0 radical (unpaired) electrons. The number of allylic oxidation sites excluding steroid dienone is 26. The van der Waals surface area contributed by atoms with Gasteiger partial charge in [0, 0.05) is 19.3 Å². The maximum Gasteiger partial charge on any atom is 0.472 e. The van der Waals surface area contributed by atoms with Crippen molar-refractivity contribution in [1.82, 2.24) is 0 Å². The molecule has 0 amide bonds. The lowest BCUT2D eigenvalue weighted by atomic mass is 10.1. The van der Waals surface area contributed by atoms with Crippen LogP contribution in [0.1, 0.15) is 201 Å². The Morgan fingerprint density at radius 1 is 0.359 bits per heavy atom. The molecule has 0 aliphatic rings. The smallest absolute Gasteiger partial charge is 0.462 e. The first-order valence-corrected chi connectivity index (χ1v) is 30.9. The second-order valence-electron chi connectivity index (χ2n) is 18.7. The molecule has 438 valence electrons. The van der Waals surface area contributed by atoms with E-state index in [1.807, 2.05) is 12.2 Å². The number of ether oxygens (including phenoxy) is 3. The van der Waals surface area contributed by atoms with Crippen LogP contribution >= 0.6 is 7.82 Å². The molecule has 11 nitrogen and oxygen atoms in total. The predicted molar refractivity (Wildman–Crippen MR) is 325 cm³/mol. The summed E-state index contributed by atoms with van der Waals surface area (Å²) in [6, 6.07) is 0. The molecule has 0 aromatic heterocycles. The second kappa shape index (κ2) is 58.3. The van der Waals surface area contributed by atoms with E-state index in [0.29, 0.717) is 19.3 Å². The first-order chi connectivity index (χ1) is 38.2. The lowest BCUT2D eigenvalue weighted by Crippen LogP contribution is -2.30. The molecule has 2 N–H and O–H groups in total. The van der Waals surface area contributed by atoms with Crippen molar-refractivity contribution >= 4 is 25.7 Å². The maximum absolute atomic E-state index is 12.9. The van der Waals surface area contributed by atoms with Crippen LogP contribution in [-0.4, -0.2) is 66.5 Å². The van der Waals surface area contributed by atoms with Crippen molar-refractivity contribution < 1.29 is 52.2 Å².